The SMILES string of the molecule is Cn1ccc(=O)n(Cc2ccc(Cl)cc2)c1=O. The maximum Gasteiger partial charge on any atom is 0.331 e. The van der Waals surface area contributed by atoms with Crippen molar-refractivity contribution in [2.75, 3.05) is 0 Å². The third kappa shape index (κ3) is 2.47. The summed E-state index contributed by atoms with van der Waals surface area (Å²) in [4.78, 5) is 23.3. The molecule has 0 aliphatic carbocycles. The van der Waals surface area contributed by atoms with Gasteiger partial charge in [-0.05, 0) is 17.7 Å². The van der Waals surface area contributed by atoms with Crippen molar-refractivity contribution < 1.29 is 0 Å². The Morgan fingerprint density at radius 2 is 1.76 bits per heavy atom. The van der Waals surface area contributed by atoms with Crippen LogP contribution >= 0.6 is 11.6 Å². The minimum Gasteiger partial charge on any atom is -0.303 e. The molecule has 1 aromatic carbocycles. The summed E-state index contributed by atoms with van der Waals surface area (Å²) in [6.07, 6.45) is 1.46. The number of hydrogen-bond acceptors (Lipinski definition) is 2. The second-order valence-electron chi connectivity index (χ2n) is 3.76. The van der Waals surface area contributed by atoms with Gasteiger partial charge in [0.05, 0.1) is 6.54 Å². The Morgan fingerprint density at radius 1 is 1.12 bits per heavy atom. The van der Waals surface area contributed by atoms with E-state index in [2.05, 4.69) is 0 Å². The van der Waals surface area contributed by atoms with Gasteiger partial charge in [-0.1, -0.05) is 23.7 Å². The predicted molar refractivity (Wildman–Crippen MR) is 66.5 cm³/mol. The van der Waals surface area contributed by atoms with Gasteiger partial charge in [0, 0.05) is 24.3 Å². The molecule has 0 amide bonds. The van der Waals surface area contributed by atoms with E-state index >= 15 is 0 Å². The Kier molecular flexibility index (Phi) is 3.15. The van der Waals surface area contributed by atoms with E-state index in [4.69, 9.17) is 11.6 Å². The van der Waals surface area contributed by atoms with Crippen LogP contribution in [0.3, 0.4) is 0 Å². The fraction of sp³-hybridized carbons (Fsp3) is 0.167. The van der Waals surface area contributed by atoms with Gasteiger partial charge < -0.3 is 4.57 Å². The highest BCUT2D eigenvalue weighted by atomic mass is 35.5. The molecule has 0 aliphatic rings. The van der Waals surface area contributed by atoms with Crippen LogP contribution in [0.2, 0.25) is 5.02 Å². The molecule has 0 fully saturated rings. The van der Waals surface area contributed by atoms with E-state index < -0.39 is 0 Å². The largest absolute Gasteiger partial charge is 0.331 e. The molecule has 0 saturated heterocycles. The highest BCUT2D eigenvalue weighted by Crippen LogP contribution is 2.09. The van der Waals surface area contributed by atoms with Crippen molar-refractivity contribution >= 4 is 11.6 Å². The fourth-order valence-corrected chi connectivity index (χ4v) is 1.66. The first-order valence-electron chi connectivity index (χ1n) is 5.09. The van der Waals surface area contributed by atoms with E-state index in [1.165, 1.54) is 21.4 Å². The number of benzene rings is 1. The smallest absolute Gasteiger partial charge is 0.303 e. The number of aromatic nitrogens is 2. The topological polar surface area (TPSA) is 44.0 Å². The van der Waals surface area contributed by atoms with E-state index in [-0.39, 0.29) is 17.8 Å². The molecular weight excluding hydrogens is 240 g/mol. The van der Waals surface area contributed by atoms with Gasteiger partial charge in [-0.15, -0.1) is 0 Å². The first-order valence-corrected chi connectivity index (χ1v) is 5.46. The van der Waals surface area contributed by atoms with Crippen LogP contribution in [0.25, 0.3) is 0 Å². The normalized spacial score (nSPS) is 10.5. The highest BCUT2D eigenvalue weighted by Gasteiger charge is 2.03. The van der Waals surface area contributed by atoms with Gasteiger partial charge >= 0.3 is 5.69 Å². The lowest BCUT2D eigenvalue weighted by Gasteiger charge is -2.06. The average molecular weight is 251 g/mol. The number of nitrogens with zero attached hydrogens (tertiary/aromatic N) is 2. The molecule has 0 N–H and O–H groups in total. The summed E-state index contributed by atoms with van der Waals surface area (Å²) in [6.45, 7) is 0.253. The van der Waals surface area contributed by atoms with Gasteiger partial charge in [0.1, 0.15) is 0 Å². The lowest BCUT2D eigenvalue weighted by molar-refractivity contribution is 0.639. The second-order valence-corrected chi connectivity index (χ2v) is 4.20. The average Bonchev–Trinajstić information content (AvgIpc) is 2.32. The van der Waals surface area contributed by atoms with Gasteiger partial charge in [-0.2, -0.15) is 0 Å². The summed E-state index contributed by atoms with van der Waals surface area (Å²) in [5.74, 6) is 0. The van der Waals surface area contributed by atoms with Crippen LogP contribution in [0, 0.1) is 0 Å². The molecule has 88 valence electrons. The summed E-state index contributed by atoms with van der Waals surface area (Å²) in [6, 6.07) is 8.42. The standard InChI is InChI=1S/C12H11ClN2O2/c1-14-7-6-11(16)15(12(14)17)8-9-2-4-10(13)5-3-9/h2-7H,8H2,1H3. The van der Waals surface area contributed by atoms with Gasteiger partial charge in [-0.25, -0.2) is 4.79 Å². The van der Waals surface area contributed by atoms with Crippen molar-refractivity contribution in [1.82, 2.24) is 9.13 Å². The predicted octanol–water partition coefficient (Wildman–Crippen LogP) is 1.25. The van der Waals surface area contributed by atoms with E-state index in [0.717, 1.165) is 5.56 Å². The number of aryl methyl sites for hydroxylation is 1. The Balaban J connectivity index is 2.43. The van der Waals surface area contributed by atoms with Crippen LogP contribution in [-0.4, -0.2) is 9.13 Å². The van der Waals surface area contributed by atoms with E-state index in [1.807, 2.05) is 0 Å². The lowest BCUT2D eigenvalue weighted by Crippen LogP contribution is -2.38. The Morgan fingerprint density at radius 3 is 2.41 bits per heavy atom. The zero-order valence-electron chi connectivity index (χ0n) is 9.26. The summed E-state index contributed by atoms with van der Waals surface area (Å²) in [7, 11) is 1.61. The number of rotatable bonds is 2. The molecule has 17 heavy (non-hydrogen) atoms. The third-order valence-corrected chi connectivity index (χ3v) is 2.75. The molecule has 1 heterocycles. The first kappa shape index (κ1) is 11.7. The van der Waals surface area contributed by atoms with Gasteiger partial charge in [0.15, 0.2) is 0 Å². The maximum atomic E-state index is 11.8. The molecule has 2 aromatic rings. The molecule has 0 unspecified atom stereocenters. The van der Waals surface area contributed by atoms with Crippen molar-refractivity contribution in [3.05, 3.63) is 68.0 Å². The zero-order chi connectivity index (χ0) is 12.4. The van der Waals surface area contributed by atoms with Crippen molar-refractivity contribution in [3.8, 4) is 0 Å². The fourth-order valence-electron chi connectivity index (χ4n) is 1.53. The zero-order valence-corrected chi connectivity index (χ0v) is 10.0. The highest BCUT2D eigenvalue weighted by molar-refractivity contribution is 6.30. The van der Waals surface area contributed by atoms with Crippen LogP contribution in [0.15, 0.2) is 46.1 Å². The molecule has 1 aromatic heterocycles. The molecule has 0 radical (unpaired) electrons. The summed E-state index contributed by atoms with van der Waals surface area (Å²) in [5.41, 5.74) is 0.232. The maximum absolute atomic E-state index is 11.8. The molecule has 5 heteroatoms. The van der Waals surface area contributed by atoms with Crippen LogP contribution in [-0.2, 0) is 13.6 Å². The van der Waals surface area contributed by atoms with Crippen molar-refractivity contribution in [3.63, 3.8) is 0 Å². The molecule has 0 saturated carbocycles. The Labute approximate surface area is 103 Å². The van der Waals surface area contributed by atoms with Gasteiger partial charge in [-0.3, -0.25) is 9.36 Å². The molecular formula is C12H11ClN2O2. The van der Waals surface area contributed by atoms with Gasteiger partial charge in [0.25, 0.3) is 5.56 Å². The number of hydrogen-bond donors (Lipinski definition) is 0. The van der Waals surface area contributed by atoms with E-state index in [9.17, 15) is 9.59 Å². The monoisotopic (exact) mass is 250 g/mol. The number of halogens is 1. The summed E-state index contributed by atoms with van der Waals surface area (Å²) >= 11 is 5.77. The molecule has 0 bridgehead atoms. The Hall–Kier alpha value is -1.81. The molecule has 4 nitrogen and oxygen atoms in total. The van der Waals surface area contributed by atoms with Crippen LogP contribution in [0.5, 0.6) is 0 Å². The summed E-state index contributed by atoms with van der Waals surface area (Å²) in [5, 5.41) is 0.627. The summed E-state index contributed by atoms with van der Waals surface area (Å²) < 4.78 is 2.56. The first-order chi connectivity index (χ1) is 8.08. The van der Waals surface area contributed by atoms with Gasteiger partial charge in [0.2, 0.25) is 0 Å². The molecule has 0 spiro atoms. The molecule has 0 aliphatic heterocycles. The minimum atomic E-state index is -0.326. The molecule has 2 rings (SSSR count). The van der Waals surface area contributed by atoms with Crippen molar-refractivity contribution in [2.24, 2.45) is 7.05 Å². The van der Waals surface area contributed by atoms with Crippen LogP contribution < -0.4 is 11.2 Å². The van der Waals surface area contributed by atoms with Crippen molar-refractivity contribution in [2.45, 2.75) is 6.54 Å². The van der Waals surface area contributed by atoms with Crippen LogP contribution in [0.4, 0.5) is 0 Å². The third-order valence-electron chi connectivity index (χ3n) is 2.49. The lowest BCUT2D eigenvalue weighted by atomic mass is 10.2. The quantitative estimate of drug-likeness (QED) is 0.805. The van der Waals surface area contributed by atoms with E-state index in [1.54, 1.807) is 31.3 Å². The second kappa shape index (κ2) is 4.59. The van der Waals surface area contributed by atoms with Crippen LogP contribution in [0.1, 0.15) is 5.56 Å². The van der Waals surface area contributed by atoms with Crippen molar-refractivity contribution in [1.29, 1.82) is 0 Å². The molecule has 0 atom stereocenters. The van der Waals surface area contributed by atoms with E-state index in [0.29, 0.717) is 5.02 Å². The minimum absolute atomic E-state index is 0.253. The Bertz CT molecular complexity index is 641.